The summed E-state index contributed by atoms with van der Waals surface area (Å²) in [5.74, 6) is -0.150. The number of anilines is 1. The third-order valence-corrected chi connectivity index (χ3v) is 3.91. The highest BCUT2D eigenvalue weighted by Gasteiger charge is 2.29. The molecule has 1 N–H and O–H groups in total. The standard InChI is InChI=1S/C14H17NO3S/c1-9(2)8-18-13(16)7-12-14(17)15-10-5-3-4-6-11(10)19-12/h3-6,9,12H,7-8H2,1-2H3,(H,15,17)/t12-/m0/s1. The average Bonchev–Trinajstić information content (AvgIpc) is 2.37. The molecule has 1 aliphatic rings. The van der Waals surface area contributed by atoms with Crippen LogP contribution in [0.1, 0.15) is 20.3 Å². The smallest absolute Gasteiger partial charge is 0.307 e. The topological polar surface area (TPSA) is 55.4 Å². The molecule has 1 amide bonds. The zero-order valence-corrected chi connectivity index (χ0v) is 11.8. The molecule has 0 saturated heterocycles. The normalized spacial score (nSPS) is 17.8. The van der Waals surface area contributed by atoms with E-state index in [-0.39, 0.29) is 18.3 Å². The number of hydrogen-bond donors (Lipinski definition) is 1. The molecule has 5 heteroatoms. The van der Waals surface area contributed by atoms with Gasteiger partial charge in [-0.3, -0.25) is 9.59 Å². The molecule has 0 spiro atoms. The number of esters is 1. The maximum absolute atomic E-state index is 11.9. The third kappa shape index (κ3) is 3.73. The minimum atomic E-state index is -0.408. The summed E-state index contributed by atoms with van der Waals surface area (Å²) in [7, 11) is 0. The molecule has 102 valence electrons. The van der Waals surface area contributed by atoms with E-state index in [1.54, 1.807) is 0 Å². The summed E-state index contributed by atoms with van der Waals surface area (Å²) in [6.45, 7) is 4.35. The Morgan fingerprint density at radius 2 is 2.16 bits per heavy atom. The van der Waals surface area contributed by atoms with Crippen molar-refractivity contribution in [1.82, 2.24) is 0 Å². The highest BCUT2D eigenvalue weighted by molar-refractivity contribution is 8.01. The first-order valence-electron chi connectivity index (χ1n) is 6.28. The van der Waals surface area contributed by atoms with Gasteiger partial charge in [-0.05, 0) is 18.1 Å². The van der Waals surface area contributed by atoms with Crippen LogP contribution in [0.5, 0.6) is 0 Å². The lowest BCUT2D eigenvalue weighted by Crippen LogP contribution is -2.31. The molecule has 0 aromatic heterocycles. The number of ether oxygens (including phenoxy) is 1. The van der Waals surface area contributed by atoms with Crippen LogP contribution in [0.4, 0.5) is 5.69 Å². The number of carbonyl (C=O) groups excluding carboxylic acids is 2. The minimum absolute atomic E-state index is 0.109. The van der Waals surface area contributed by atoms with Gasteiger partial charge < -0.3 is 10.1 Å². The molecule has 0 aliphatic carbocycles. The van der Waals surface area contributed by atoms with Crippen LogP contribution in [0.25, 0.3) is 0 Å². The van der Waals surface area contributed by atoms with E-state index in [0.717, 1.165) is 10.6 Å². The Labute approximate surface area is 116 Å². The third-order valence-electron chi connectivity index (χ3n) is 2.64. The maximum Gasteiger partial charge on any atom is 0.307 e. The summed E-state index contributed by atoms with van der Waals surface area (Å²) >= 11 is 1.41. The molecule has 0 unspecified atom stereocenters. The summed E-state index contributed by atoms with van der Waals surface area (Å²) in [5.41, 5.74) is 0.810. The Morgan fingerprint density at radius 1 is 1.42 bits per heavy atom. The van der Waals surface area contributed by atoms with Gasteiger partial charge in [-0.2, -0.15) is 0 Å². The maximum atomic E-state index is 11.9. The number of carbonyl (C=O) groups is 2. The van der Waals surface area contributed by atoms with E-state index in [0.29, 0.717) is 12.5 Å². The van der Waals surface area contributed by atoms with E-state index in [4.69, 9.17) is 4.74 Å². The lowest BCUT2D eigenvalue weighted by Gasteiger charge is -2.23. The van der Waals surface area contributed by atoms with Crippen LogP contribution in [0.15, 0.2) is 29.2 Å². The highest BCUT2D eigenvalue weighted by Crippen LogP contribution is 2.36. The molecule has 19 heavy (non-hydrogen) atoms. The fourth-order valence-corrected chi connectivity index (χ4v) is 2.79. The molecule has 1 atom stereocenters. The molecule has 0 radical (unpaired) electrons. The van der Waals surface area contributed by atoms with Gasteiger partial charge in [0.25, 0.3) is 0 Å². The summed E-state index contributed by atoms with van der Waals surface area (Å²) in [5, 5.41) is 2.40. The molecule has 1 heterocycles. The Bertz CT molecular complexity index is 487. The molecular formula is C14H17NO3S. The van der Waals surface area contributed by atoms with Crippen LogP contribution in [0.2, 0.25) is 0 Å². The fraction of sp³-hybridized carbons (Fsp3) is 0.429. The number of para-hydroxylation sites is 1. The van der Waals surface area contributed by atoms with Crippen LogP contribution in [-0.4, -0.2) is 23.7 Å². The molecular weight excluding hydrogens is 262 g/mol. The summed E-state index contributed by atoms with van der Waals surface area (Å²) in [6.07, 6.45) is 0.109. The van der Waals surface area contributed by atoms with E-state index >= 15 is 0 Å². The van der Waals surface area contributed by atoms with Crippen LogP contribution >= 0.6 is 11.8 Å². The van der Waals surface area contributed by atoms with E-state index < -0.39 is 5.25 Å². The van der Waals surface area contributed by atoms with Gasteiger partial charge in [0.2, 0.25) is 5.91 Å². The predicted molar refractivity (Wildman–Crippen MR) is 75.1 cm³/mol. The number of fused-ring (bicyclic) bond motifs is 1. The van der Waals surface area contributed by atoms with Crippen molar-refractivity contribution in [2.75, 3.05) is 11.9 Å². The number of thioether (sulfide) groups is 1. The molecule has 0 fully saturated rings. The van der Waals surface area contributed by atoms with Crippen molar-refractivity contribution in [3.63, 3.8) is 0 Å². The number of benzene rings is 1. The zero-order valence-electron chi connectivity index (χ0n) is 11.0. The van der Waals surface area contributed by atoms with Crippen LogP contribution in [0.3, 0.4) is 0 Å². The number of hydrogen-bond acceptors (Lipinski definition) is 4. The van der Waals surface area contributed by atoms with E-state index in [2.05, 4.69) is 5.32 Å². The Kier molecular flexibility index (Phi) is 4.47. The average molecular weight is 279 g/mol. The van der Waals surface area contributed by atoms with Crippen molar-refractivity contribution in [2.24, 2.45) is 5.92 Å². The first-order chi connectivity index (χ1) is 9.06. The van der Waals surface area contributed by atoms with Crippen molar-refractivity contribution >= 4 is 29.3 Å². The molecule has 0 bridgehead atoms. The second-order valence-corrected chi connectivity index (χ2v) is 6.12. The first kappa shape index (κ1) is 13.9. The van der Waals surface area contributed by atoms with Crippen LogP contribution in [-0.2, 0) is 14.3 Å². The van der Waals surface area contributed by atoms with E-state index in [1.807, 2.05) is 38.1 Å². The van der Waals surface area contributed by atoms with Crippen molar-refractivity contribution in [3.8, 4) is 0 Å². The van der Waals surface area contributed by atoms with Gasteiger partial charge in [-0.15, -0.1) is 11.8 Å². The largest absolute Gasteiger partial charge is 0.465 e. The summed E-state index contributed by atoms with van der Waals surface area (Å²) in [6, 6.07) is 7.58. The van der Waals surface area contributed by atoms with Crippen molar-refractivity contribution in [2.45, 2.75) is 30.4 Å². The van der Waals surface area contributed by atoms with E-state index in [1.165, 1.54) is 11.8 Å². The van der Waals surface area contributed by atoms with Gasteiger partial charge >= 0.3 is 5.97 Å². The SMILES string of the molecule is CC(C)COC(=O)C[C@@H]1Sc2ccccc2NC1=O. The molecule has 4 nitrogen and oxygen atoms in total. The highest BCUT2D eigenvalue weighted by atomic mass is 32.2. The molecule has 1 aromatic rings. The summed E-state index contributed by atoms with van der Waals surface area (Å²) < 4.78 is 5.11. The predicted octanol–water partition coefficient (Wildman–Crippen LogP) is 2.69. The van der Waals surface area contributed by atoms with Crippen molar-refractivity contribution in [1.29, 1.82) is 0 Å². The molecule has 2 rings (SSSR count). The fourth-order valence-electron chi connectivity index (χ4n) is 1.70. The Morgan fingerprint density at radius 3 is 2.89 bits per heavy atom. The van der Waals surface area contributed by atoms with E-state index in [9.17, 15) is 9.59 Å². The van der Waals surface area contributed by atoms with Crippen molar-refractivity contribution in [3.05, 3.63) is 24.3 Å². The summed E-state index contributed by atoms with van der Waals surface area (Å²) in [4.78, 5) is 24.5. The molecule has 1 aromatic carbocycles. The number of rotatable bonds is 4. The number of amides is 1. The Hall–Kier alpha value is -1.49. The van der Waals surface area contributed by atoms with Gasteiger partial charge in [-0.1, -0.05) is 26.0 Å². The van der Waals surface area contributed by atoms with Gasteiger partial charge in [0, 0.05) is 4.90 Å². The molecule has 1 aliphatic heterocycles. The molecule has 0 saturated carbocycles. The van der Waals surface area contributed by atoms with Crippen LogP contribution in [0, 0.1) is 5.92 Å². The van der Waals surface area contributed by atoms with Gasteiger partial charge in [0.1, 0.15) is 0 Å². The lowest BCUT2D eigenvalue weighted by atomic mass is 10.2. The second kappa shape index (κ2) is 6.10. The Balaban J connectivity index is 1.95. The second-order valence-electron chi connectivity index (χ2n) is 4.87. The van der Waals surface area contributed by atoms with Gasteiger partial charge in [-0.25, -0.2) is 0 Å². The van der Waals surface area contributed by atoms with Gasteiger partial charge in [0.05, 0.1) is 24.0 Å². The van der Waals surface area contributed by atoms with Gasteiger partial charge in [0.15, 0.2) is 0 Å². The monoisotopic (exact) mass is 279 g/mol. The number of nitrogens with one attached hydrogen (secondary N) is 1. The zero-order chi connectivity index (χ0) is 13.8. The lowest BCUT2D eigenvalue weighted by molar-refractivity contribution is -0.145. The first-order valence-corrected chi connectivity index (χ1v) is 7.16. The van der Waals surface area contributed by atoms with Crippen LogP contribution < -0.4 is 5.32 Å². The quantitative estimate of drug-likeness (QED) is 0.861. The minimum Gasteiger partial charge on any atom is -0.465 e. The van der Waals surface area contributed by atoms with Crippen molar-refractivity contribution < 1.29 is 14.3 Å².